The molecule has 0 heterocycles. The average Bonchev–Trinajstić information content (AvgIpc) is 2.14. The number of nitrogens with two attached hydrogens (primary N) is 1. The van der Waals surface area contributed by atoms with Crippen LogP contribution in [0.4, 0.5) is 5.69 Å². The monoisotopic (exact) mass is 220 g/mol. The predicted molar refractivity (Wildman–Crippen MR) is 67.6 cm³/mol. The van der Waals surface area contributed by atoms with Crippen LogP contribution < -0.4 is 11.1 Å². The molecule has 1 amide bonds. The topological polar surface area (TPSA) is 55.1 Å². The lowest BCUT2D eigenvalue weighted by molar-refractivity contribution is 0.1000. The highest BCUT2D eigenvalue weighted by Crippen LogP contribution is 2.21. The Bertz CT molecular complexity index is 391. The van der Waals surface area contributed by atoms with Crippen molar-refractivity contribution in [2.45, 2.75) is 27.7 Å². The van der Waals surface area contributed by atoms with Crippen LogP contribution in [0, 0.1) is 12.3 Å². The van der Waals surface area contributed by atoms with Crippen molar-refractivity contribution >= 4 is 11.6 Å². The van der Waals surface area contributed by atoms with Gasteiger partial charge in [-0.25, -0.2) is 0 Å². The first kappa shape index (κ1) is 12.6. The standard InChI is InChI=1S/C13H20N2O/c1-9-10(12(14)16)6-5-7-11(9)15-8-13(2,3)4/h5-7,15H,8H2,1-4H3,(H2,14,16). The van der Waals surface area contributed by atoms with Crippen LogP contribution in [0.3, 0.4) is 0 Å². The van der Waals surface area contributed by atoms with Crippen LogP contribution in [0.15, 0.2) is 18.2 Å². The largest absolute Gasteiger partial charge is 0.384 e. The zero-order valence-electron chi connectivity index (χ0n) is 10.4. The zero-order chi connectivity index (χ0) is 12.3. The van der Waals surface area contributed by atoms with Crippen molar-refractivity contribution in [2.75, 3.05) is 11.9 Å². The molecule has 1 aromatic rings. The molecule has 0 spiro atoms. The summed E-state index contributed by atoms with van der Waals surface area (Å²) in [5.74, 6) is -0.378. The van der Waals surface area contributed by atoms with Crippen molar-refractivity contribution in [3.05, 3.63) is 29.3 Å². The second-order valence-electron chi connectivity index (χ2n) is 5.26. The Morgan fingerprint density at radius 2 is 2.00 bits per heavy atom. The van der Waals surface area contributed by atoms with Gasteiger partial charge in [0.25, 0.3) is 0 Å². The average molecular weight is 220 g/mol. The Labute approximate surface area is 97.0 Å². The van der Waals surface area contributed by atoms with Crippen LogP contribution in [0.1, 0.15) is 36.7 Å². The molecule has 16 heavy (non-hydrogen) atoms. The summed E-state index contributed by atoms with van der Waals surface area (Å²) in [4.78, 5) is 11.2. The van der Waals surface area contributed by atoms with Gasteiger partial charge < -0.3 is 11.1 Å². The molecule has 88 valence electrons. The van der Waals surface area contributed by atoms with E-state index >= 15 is 0 Å². The summed E-state index contributed by atoms with van der Waals surface area (Å²) >= 11 is 0. The summed E-state index contributed by atoms with van der Waals surface area (Å²) in [5, 5.41) is 3.34. The molecular formula is C13H20N2O. The van der Waals surface area contributed by atoms with E-state index in [0.717, 1.165) is 17.8 Å². The summed E-state index contributed by atoms with van der Waals surface area (Å²) in [6.07, 6.45) is 0. The van der Waals surface area contributed by atoms with Crippen molar-refractivity contribution in [3.63, 3.8) is 0 Å². The fourth-order valence-electron chi connectivity index (χ4n) is 1.45. The molecule has 1 aromatic carbocycles. The highest BCUT2D eigenvalue weighted by Gasteiger charge is 2.12. The number of benzene rings is 1. The number of hydrogen-bond acceptors (Lipinski definition) is 2. The van der Waals surface area contributed by atoms with Gasteiger partial charge in [-0.2, -0.15) is 0 Å². The fourth-order valence-corrected chi connectivity index (χ4v) is 1.45. The van der Waals surface area contributed by atoms with E-state index in [4.69, 9.17) is 5.73 Å². The normalized spacial score (nSPS) is 11.2. The van der Waals surface area contributed by atoms with Crippen LogP contribution in [0.25, 0.3) is 0 Å². The van der Waals surface area contributed by atoms with Crippen molar-refractivity contribution in [1.29, 1.82) is 0 Å². The van der Waals surface area contributed by atoms with Gasteiger partial charge >= 0.3 is 0 Å². The molecule has 0 unspecified atom stereocenters. The van der Waals surface area contributed by atoms with E-state index in [0.29, 0.717) is 5.56 Å². The molecule has 0 aromatic heterocycles. The molecule has 0 saturated carbocycles. The number of carbonyl (C=O) groups is 1. The molecule has 0 saturated heterocycles. The molecule has 0 atom stereocenters. The quantitative estimate of drug-likeness (QED) is 0.822. The van der Waals surface area contributed by atoms with E-state index in [9.17, 15) is 4.79 Å². The Morgan fingerprint density at radius 1 is 1.38 bits per heavy atom. The van der Waals surface area contributed by atoms with E-state index in [-0.39, 0.29) is 11.3 Å². The summed E-state index contributed by atoms with van der Waals surface area (Å²) in [6.45, 7) is 9.24. The molecule has 3 nitrogen and oxygen atoms in total. The molecule has 0 aliphatic heterocycles. The van der Waals surface area contributed by atoms with Gasteiger partial charge in [0.05, 0.1) is 0 Å². The Kier molecular flexibility index (Phi) is 3.58. The minimum absolute atomic E-state index is 0.204. The highest BCUT2D eigenvalue weighted by atomic mass is 16.1. The second kappa shape index (κ2) is 4.56. The number of hydrogen-bond donors (Lipinski definition) is 2. The second-order valence-corrected chi connectivity index (χ2v) is 5.26. The number of carbonyl (C=O) groups excluding carboxylic acids is 1. The third-order valence-electron chi connectivity index (χ3n) is 2.41. The lowest BCUT2D eigenvalue weighted by Crippen LogP contribution is -2.20. The molecule has 0 radical (unpaired) electrons. The summed E-state index contributed by atoms with van der Waals surface area (Å²) in [6, 6.07) is 5.56. The maximum absolute atomic E-state index is 11.2. The van der Waals surface area contributed by atoms with Crippen LogP contribution in [-0.4, -0.2) is 12.5 Å². The smallest absolute Gasteiger partial charge is 0.249 e. The first-order valence-corrected chi connectivity index (χ1v) is 5.44. The lowest BCUT2D eigenvalue weighted by Gasteiger charge is -2.21. The van der Waals surface area contributed by atoms with Gasteiger partial charge in [0.2, 0.25) is 5.91 Å². The van der Waals surface area contributed by atoms with Gasteiger partial charge in [-0.3, -0.25) is 4.79 Å². The Hall–Kier alpha value is -1.51. The molecule has 1 rings (SSSR count). The predicted octanol–water partition coefficient (Wildman–Crippen LogP) is 2.55. The zero-order valence-corrected chi connectivity index (χ0v) is 10.4. The van der Waals surface area contributed by atoms with Gasteiger partial charge in [0.1, 0.15) is 0 Å². The van der Waals surface area contributed by atoms with Crippen molar-refractivity contribution in [2.24, 2.45) is 11.1 Å². The van der Waals surface area contributed by atoms with Crippen LogP contribution in [0.5, 0.6) is 0 Å². The maximum atomic E-state index is 11.2. The number of nitrogens with one attached hydrogen (secondary N) is 1. The van der Waals surface area contributed by atoms with Crippen LogP contribution in [0.2, 0.25) is 0 Å². The molecule has 3 heteroatoms. The molecule has 0 fully saturated rings. The first-order valence-electron chi connectivity index (χ1n) is 5.44. The van der Waals surface area contributed by atoms with Crippen molar-refractivity contribution in [3.8, 4) is 0 Å². The summed E-state index contributed by atoms with van der Waals surface area (Å²) in [5.41, 5.74) is 7.98. The van der Waals surface area contributed by atoms with Gasteiger partial charge in [0.15, 0.2) is 0 Å². The van der Waals surface area contributed by atoms with Crippen molar-refractivity contribution in [1.82, 2.24) is 0 Å². The highest BCUT2D eigenvalue weighted by molar-refractivity contribution is 5.95. The lowest BCUT2D eigenvalue weighted by atomic mass is 9.96. The maximum Gasteiger partial charge on any atom is 0.249 e. The Balaban J connectivity index is 2.90. The molecule has 3 N–H and O–H groups in total. The van der Waals surface area contributed by atoms with Gasteiger partial charge in [-0.1, -0.05) is 26.8 Å². The Morgan fingerprint density at radius 3 is 2.50 bits per heavy atom. The minimum atomic E-state index is -0.378. The molecule has 0 aliphatic rings. The fraction of sp³-hybridized carbons (Fsp3) is 0.462. The minimum Gasteiger partial charge on any atom is -0.384 e. The van der Waals surface area contributed by atoms with Gasteiger partial charge in [0, 0.05) is 17.8 Å². The van der Waals surface area contributed by atoms with Gasteiger partial charge in [-0.05, 0) is 30.0 Å². The van der Waals surface area contributed by atoms with Crippen LogP contribution >= 0.6 is 0 Å². The molecule has 0 aliphatic carbocycles. The van der Waals surface area contributed by atoms with Crippen LogP contribution in [-0.2, 0) is 0 Å². The van der Waals surface area contributed by atoms with E-state index in [1.165, 1.54) is 0 Å². The summed E-state index contributed by atoms with van der Waals surface area (Å²) in [7, 11) is 0. The van der Waals surface area contributed by atoms with E-state index < -0.39 is 0 Å². The number of anilines is 1. The first-order chi connectivity index (χ1) is 7.31. The number of rotatable bonds is 3. The van der Waals surface area contributed by atoms with E-state index in [1.807, 2.05) is 19.1 Å². The number of amides is 1. The van der Waals surface area contributed by atoms with Crippen molar-refractivity contribution < 1.29 is 4.79 Å². The van der Waals surface area contributed by atoms with E-state index in [2.05, 4.69) is 26.1 Å². The summed E-state index contributed by atoms with van der Waals surface area (Å²) < 4.78 is 0. The molecular weight excluding hydrogens is 200 g/mol. The third kappa shape index (κ3) is 3.26. The van der Waals surface area contributed by atoms with E-state index in [1.54, 1.807) is 6.07 Å². The number of primary amides is 1. The van der Waals surface area contributed by atoms with Gasteiger partial charge in [-0.15, -0.1) is 0 Å². The SMILES string of the molecule is Cc1c(NCC(C)(C)C)cccc1C(N)=O. The third-order valence-corrected chi connectivity index (χ3v) is 2.41. The molecule has 0 bridgehead atoms.